The molecule has 158 valence electrons. The molecule has 6 heteroatoms. The summed E-state index contributed by atoms with van der Waals surface area (Å²) in [4.78, 5) is 19.6. The van der Waals surface area contributed by atoms with Crippen molar-refractivity contribution in [2.45, 2.75) is 38.6 Å². The molecule has 1 aliphatic heterocycles. The normalized spacial score (nSPS) is 18.6. The van der Waals surface area contributed by atoms with E-state index in [0.717, 1.165) is 48.5 Å². The van der Waals surface area contributed by atoms with Crippen LogP contribution in [0.15, 0.2) is 52.9 Å². The van der Waals surface area contributed by atoms with Crippen LogP contribution in [-0.4, -0.2) is 35.4 Å². The van der Waals surface area contributed by atoms with E-state index >= 15 is 0 Å². The van der Waals surface area contributed by atoms with E-state index in [0.29, 0.717) is 6.54 Å². The number of carbonyl (C=O) groups is 1. The molecule has 0 saturated carbocycles. The van der Waals surface area contributed by atoms with E-state index in [9.17, 15) is 9.18 Å². The second-order valence-electron chi connectivity index (χ2n) is 8.43. The number of carbonyl (C=O) groups excluding carboxylic acids is 1. The van der Waals surface area contributed by atoms with Crippen LogP contribution in [0.2, 0.25) is 0 Å². The Morgan fingerprint density at radius 1 is 1.23 bits per heavy atom. The number of likely N-dealkylation sites (tertiary alicyclic amines) is 1. The van der Waals surface area contributed by atoms with Gasteiger partial charge in [-0.2, -0.15) is 0 Å². The fourth-order valence-corrected chi connectivity index (χ4v) is 4.19. The number of hydrogen-bond acceptors (Lipinski definition) is 4. The number of nitrogens with one attached hydrogen (secondary N) is 1. The second-order valence-corrected chi connectivity index (χ2v) is 8.43. The van der Waals surface area contributed by atoms with Gasteiger partial charge in [-0.1, -0.05) is 38.1 Å². The molecule has 2 unspecified atom stereocenters. The summed E-state index contributed by atoms with van der Waals surface area (Å²) in [6.07, 6.45) is 2.01. The van der Waals surface area contributed by atoms with Crippen LogP contribution in [0.1, 0.15) is 50.1 Å². The highest BCUT2D eigenvalue weighted by Crippen LogP contribution is 2.29. The molecule has 1 fully saturated rings. The first-order chi connectivity index (χ1) is 14.5. The van der Waals surface area contributed by atoms with Crippen LogP contribution < -0.4 is 5.32 Å². The molecular formula is C24H28FN3O2. The summed E-state index contributed by atoms with van der Waals surface area (Å²) in [5.74, 6) is 0.861. The quantitative estimate of drug-likeness (QED) is 0.643. The Balaban J connectivity index is 1.39. The van der Waals surface area contributed by atoms with Gasteiger partial charge in [-0.05, 0) is 55.1 Å². The molecule has 1 aliphatic rings. The Labute approximate surface area is 176 Å². The van der Waals surface area contributed by atoms with E-state index in [1.807, 2.05) is 24.3 Å². The third-order valence-electron chi connectivity index (χ3n) is 5.74. The number of hydrogen-bond donors (Lipinski definition) is 1. The molecule has 0 radical (unpaired) electrons. The molecule has 2 aromatic carbocycles. The first-order valence-corrected chi connectivity index (χ1v) is 10.6. The number of piperidine rings is 1. The van der Waals surface area contributed by atoms with E-state index in [4.69, 9.17) is 4.42 Å². The summed E-state index contributed by atoms with van der Waals surface area (Å²) < 4.78 is 19.2. The van der Waals surface area contributed by atoms with Crippen molar-refractivity contribution in [3.8, 4) is 0 Å². The SMILES string of the molecule is CC(C)C(NC(=O)CN1CCCC(c2nc3ccccc3o2)C1)c1ccc(F)cc1. The molecule has 1 aromatic heterocycles. The number of rotatable bonds is 6. The Bertz CT molecular complexity index is 966. The summed E-state index contributed by atoms with van der Waals surface area (Å²) in [6.45, 7) is 6.08. The molecule has 30 heavy (non-hydrogen) atoms. The zero-order valence-electron chi connectivity index (χ0n) is 17.5. The van der Waals surface area contributed by atoms with Gasteiger partial charge in [0.1, 0.15) is 11.3 Å². The molecule has 5 nitrogen and oxygen atoms in total. The topological polar surface area (TPSA) is 58.4 Å². The molecule has 3 aromatic rings. The first kappa shape index (κ1) is 20.5. The maximum absolute atomic E-state index is 13.3. The number of fused-ring (bicyclic) bond motifs is 1. The van der Waals surface area contributed by atoms with E-state index in [1.165, 1.54) is 12.1 Å². The van der Waals surface area contributed by atoms with Crippen LogP contribution in [0.4, 0.5) is 4.39 Å². The average molecular weight is 410 g/mol. The van der Waals surface area contributed by atoms with Crippen molar-refractivity contribution in [2.75, 3.05) is 19.6 Å². The number of nitrogens with zero attached hydrogens (tertiary/aromatic N) is 2. The molecule has 0 spiro atoms. The van der Waals surface area contributed by atoms with E-state index < -0.39 is 0 Å². The molecule has 1 saturated heterocycles. The fourth-order valence-electron chi connectivity index (χ4n) is 4.19. The predicted octanol–water partition coefficient (Wildman–Crippen LogP) is 4.66. The molecule has 0 aliphatic carbocycles. The maximum Gasteiger partial charge on any atom is 0.234 e. The van der Waals surface area contributed by atoms with Crippen molar-refractivity contribution in [3.05, 3.63) is 65.8 Å². The van der Waals surface area contributed by atoms with Crippen molar-refractivity contribution in [1.82, 2.24) is 15.2 Å². The minimum absolute atomic E-state index is 0.0174. The average Bonchev–Trinajstić information content (AvgIpc) is 3.17. The van der Waals surface area contributed by atoms with Gasteiger partial charge in [-0.25, -0.2) is 9.37 Å². The van der Waals surface area contributed by atoms with Crippen molar-refractivity contribution in [1.29, 1.82) is 0 Å². The van der Waals surface area contributed by atoms with Crippen LogP contribution in [0.25, 0.3) is 11.1 Å². The molecule has 2 heterocycles. The lowest BCUT2D eigenvalue weighted by molar-refractivity contribution is -0.123. The largest absolute Gasteiger partial charge is 0.440 e. The molecular weight excluding hydrogens is 381 g/mol. The van der Waals surface area contributed by atoms with Gasteiger partial charge >= 0.3 is 0 Å². The molecule has 0 bridgehead atoms. The lowest BCUT2D eigenvalue weighted by Crippen LogP contribution is -2.43. The summed E-state index contributed by atoms with van der Waals surface area (Å²) in [6, 6.07) is 14.0. The highest BCUT2D eigenvalue weighted by atomic mass is 19.1. The highest BCUT2D eigenvalue weighted by Gasteiger charge is 2.27. The Hall–Kier alpha value is -2.73. The summed E-state index contributed by atoms with van der Waals surface area (Å²) in [7, 11) is 0. The summed E-state index contributed by atoms with van der Waals surface area (Å²) >= 11 is 0. The van der Waals surface area contributed by atoms with Gasteiger partial charge in [0.15, 0.2) is 11.5 Å². The monoisotopic (exact) mass is 409 g/mol. The van der Waals surface area contributed by atoms with Crippen LogP contribution >= 0.6 is 0 Å². The van der Waals surface area contributed by atoms with E-state index in [2.05, 4.69) is 29.0 Å². The zero-order chi connectivity index (χ0) is 21.1. The number of halogens is 1. The maximum atomic E-state index is 13.3. The smallest absolute Gasteiger partial charge is 0.234 e. The Kier molecular flexibility index (Phi) is 6.13. The standard InChI is InChI=1S/C24H28FN3O2/c1-16(2)23(17-9-11-19(25)12-10-17)27-22(29)15-28-13-5-6-18(14-28)24-26-20-7-3-4-8-21(20)30-24/h3-4,7-12,16,18,23H,5-6,13-15H2,1-2H3,(H,27,29). The zero-order valence-corrected chi connectivity index (χ0v) is 17.5. The Morgan fingerprint density at radius 3 is 2.73 bits per heavy atom. The molecule has 1 N–H and O–H groups in total. The van der Waals surface area contributed by atoms with Gasteiger partial charge in [-0.15, -0.1) is 0 Å². The lowest BCUT2D eigenvalue weighted by Gasteiger charge is -2.31. The third kappa shape index (κ3) is 4.70. The van der Waals surface area contributed by atoms with Crippen LogP contribution in [-0.2, 0) is 4.79 Å². The van der Waals surface area contributed by atoms with Gasteiger partial charge in [0, 0.05) is 12.5 Å². The number of oxazole rings is 1. The van der Waals surface area contributed by atoms with Gasteiger partial charge < -0.3 is 9.73 Å². The fraction of sp³-hybridized carbons (Fsp3) is 0.417. The van der Waals surface area contributed by atoms with Gasteiger partial charge in [0.25, 0.3) is 0 Å². The van der Waals surface area contributed by atoms with Gasteiger partial charge in [0.05, 0.1) is 12.6 Å². The van der Waals surface area contributed by atoms with Crippen molar-refractivity contribution in [2.24, 2.45) is 5.92 Å². The summed E-state index contributed by atoms with van der Waals surface area (Å²) in [5, 5.41) is 3.13. The molecule has 2 atom stereocenters. The first-order valence-electron chi connectivity index (χ1n) is 10.6. The number of amides is 1. The second kappa shape index (κ2) is 8.96. The van der Waals surface area contributed by atoms with Gasteiger partial charge in [0.2, 0.25) is 5.91 Å². The Morgan fingerprint density at radius 2 is 2.00 bits per heavy atom. The van der Waals surface area contributed by atoms with Crippen molar-refractivity contribution in [3.63, 3.8) is 0 Å². The number of benzene rings is 2. The van der Waals surface area contributed by atoms with Crippen molar-refractivity contribution < 1.29 is 13.6 Å². The minimum atomic E-state index is -0.272. The summed E-state index contributed by atoms with van der Waals surface area (Å²) in [5.41, 5.74) is 2.60. The van der Waals surface area contributed by atoms with E-state index in [-0.39, 0.29) is 29.6 Å². The minimum Gasteiger partial charge on any atom is -0.440 e. The highest BCUT2D eigenvalue weighted by molar-refractivity contribution is 5.78. The molecule has 1 amide bonds. The lowest BCUT2D eigenvalue weighted by atomic mass is 9.95. The van der Waals surface area contributed by atoms with E-state index in [1.54, 1.807) is 12.1 Å². The van der Waals surface area contributed by atoms with Crippen LogP contribution in [0.5, 0.6) is 0 Å². The van der Waals surface area contributed by atoms with Crippen LogP contribution in [0, 0.1) is 11.7 Å². The molecule has 4 rings (SSSR count). The number of para-hydroxylation sites is 2. The predicted molar refractivity (Wildman–Crippen MR) is 115 cm³/mol. The van der Waals surface area contributed by atoms with Crippen molar-refractivity contribution >= 4 is 17.0 Å². The van der Waals surface area contributed by atoms with Crippen LogP contribution in [0.3, 0.4) is 0 Å². The number of aromatic nitrogens is 1. The third-order valence-corrected chi connectivity index (χ3v) is 5.74. The van der Waals surface area contributed by atoms with Gasteiger partial charge in [-0.3, -0.25) is 9.69 Å².